The Bertz CT molecular complexity index is 698. The number of carbonyl (C=O) groups is 2. The quantitative estimate of drug-likeness (QED) is 0.871. The molecule has 1 spiro atoms. The van der Waals surface area contributed by atoms with Gasteiger partial charge in [0.1, 0.15) is 23.4 Å². The van der Waals surface area contributed by atoms with Crippen molar-refractivity contribution < 1.29 is 18.4 Å². The molecule has 3 aliphatic rings. The van der Waals surface area contributed by atoms with Gasteiger partial charge in [-0.25, -0.2) is 8.78 Å². The van der Waals surface area contributed by atoms with Crippen molar-refractivity contribution in [3.8, 4) is 0 Å². The zero-order valence-electron chi connectivity index (χ0n) is 13.9. The van der Waals surface area contributed by atoms with Gasteiger partial charge in [-0.3, -0.25) is 9.59 Å². The van der Waals surface area contributed by atoms with Crippen LogP contribution in [0, 0.1) is 23.0 Å². The zero-order chi connectivity index (χ0) is 17.6. The Balaban J connectivity index is 1.42. The average Bonchev–Trinajstić information content (AvgIpc) is 3.17. The molecule has 1 aromatic rings. The van der Waals surface area contributed by atoms with Crippen molar-refractivity contribution in [1.29, 1.82) is 0 Å². The predicted molar refractivity (Wildman–Crippen MR) is 87.9 cm³/mol. The van der Waals surface area contributed by atoms with Crippen molar-refractivity contribution in [2.45, 2.75) is 31.7 Å². The third kappa shape index (κ3) is 2.80. The topological polar surface area (TPSA) is 61.4 Å². The second-order valence-corrected chi connectivity index (χ2v) is 7.28. The number of nitrogens with zero attached hydrogens (tertiary/aromatic N) is 1. The van der Waals surface area contributed by atoms with Gasteiger partial charge in [0.2, 0.25) is 11.8 Å². The van der Waals surface area contributed by atoms with Crippen LogP contribution in [0.1, 0.15) is 25.7 Å². The highest BCUT2D eigenvalue weighted by Crippen LogP contribution is 2.58. The van der Waals surface area contributed by atoms with Gasteiger partial charge >= 0.3 is 0 Å². The average molecular weight is 349 g/mol. The Labute approximate surface area is 144 Å². The Morgan fingerprint density at radius 2 is 1.92 bits per heavy atom. The van der Waals surface area contributed by atoms with Crippen LogP contribution in [0.3, 0.4) is 0 Å². The van der Waals surface area contributed by atoms with Crippen LogP contribution in [-0.2, 0) is 9.59 Å². The number of carbonyl (C=O) groups excluding carboxylic acids is 2. The van der Waals surface area contributed by atoms with Gasteiger partial charge in [0.15, 0.2) is 0 Å². The lowest BCUT2D eigenvalue weighted by Crippen LogP contribution is -2.43. The molecule has 7 heteroatoms. The van der Waals surface area contributed by atoms with Crippen molar-refractivity contribution in [3.05, 3.63) is 29.8 Å². The van der Waals surface area contributed by atoms with Crippen molar-refractivity contribution in [3.63, 3.8) is 0 Å². The van der Waals surface area contributed by atoms with Crippen molar-refractivity contribution >= 4 is 17.5 Å². The van der Waals surface area contributed by atoms with E-state index >= 15 is 0 Å². The fraction of sp³-hybridized carbons (Fsp3) is 0.556. The van der Waals surface area contributed by atoms with Crippen LogP contribution in [0.15, 0.2) is 18.2 Å². The van der Waals surface area contributed by atoms with E-state index in [1.165, 1.54) is 6.07 Å². The summed E-state index contributed by atoms with van der Waals surface area (Å²) in [4.78, 5) is 26.1. The Morgan fingerprint density at radius 3 is 2.60 bits per heavy atom. The second kappa shape index (κ2) is 6.05. The molecule has 3 fully saturated rings. The summed E-state index contributed by atoms with van der Waals surface area (Å²) in [5, 5.41) is 6.10. The van der Waals surface area contributed by atoms with E-state index in [0.717, 1.165) is 49.4 Å². The predicted octanol–water partition coefficient (Wildman–Crippen LogP) is 1.58. The molecule has 4 rings (SSSR count). The van der Waals surface area contributed by atoms with E-state index in [1.54, 1.807) is 0 Å². The minimum absolute atomic E-state index is 0.0401. The van der Waals surface area contributed by atoms with Gasteiger partial charge in [-0.15, -0.1) is 0 Å². The van der Waals surface area contributed by atoms with Gasteiger partial charge in [0, 0.05) is 12.5 Å². The number of hydrogen-bond donors (Lipinski definition) is 2. The molecular formula is C18H21F2N3O2. The third-order valence-electron chi connectivity index (χ3n) is 5.84. The largest absolute Gasteiger partial charge is 0.344 e. The van der Waals surface area contributed by atoms with Crippen molar-refractivity contribution in [2.24, 2.45) is 11.3 Å². The van der Waals surface area contributed by atoms with E-state index in [0.29, 0.717) is 6.42 Å². The third-order valence-corrected chi connectivity index (χ3v) is 5.84. The van der Waals surface area contributed by atoms with Gasteiger partial charge in [-0.05, 0) is 56.3 Å². The first-order valence-corrected chi connectivity index (χ1v) is 8.78. The second-order valence-electron chi connectivity index (χ2n) is 7.28. The summed E-state index contributed by atoms with van der Waals surface area (Å²) in [5.41, 5.74) is -0.237. The molecule has 1 aliphatic carbocycles. The van der Waals surface area contributed by atoms with E-state index in [9.17, 15) is 18.4 Å². The summed E-state index contributed by atoms with van der Waals surface area (Å²) in [6.07, 6.45) is 3.19. The lowest BCUT2D eigenvalue weighted by Gasteiger charge is -2.23. The highest BCUT2D eigenvalue weighted by atomic mass is 19.1. The molecule has 1 aromatic carbocycles. The number of para-hydroxylation sites is 1. The molecule has 0 aromatic heterocycles. The molecule has 1 saturated carbocycles. The molecular weight excluding hydrogens is 328 g/mol. The maximum Gasteiger partial charge on any atom is 0.249 e. The standard InChI is InChI=1S/C18H21F2N3O2/c19-12-2-1-3-13(20)15(12)23-9-4-14(17(23)25)22-16(24)11-10-18(11)5-7-21-8-6-18/h1-3,11,14,21H,4-10H2,(H,22,24). The molecule has 2 unspecified atom stereocenters. The summed E-state index contributed by atoms with van der Waals surface area (Å²) < 4.78 is 27.8. The number of halogens is 2. The number of rotatable bonds is 3. The molecule has 2 N–H and O–H groups in total. The first-order valence-electron chi connectivity index (χ1n) is 8.78. The van der Waals surface area contributed by atoms with E-state index in [2.05, 4.69) is 10.6 Å². The number of amides is 2. The monoisotopic (exact) mass is 349 g/mol. The lowest BCUT2D eigenvalue weighted by atomic mass is 9.91. The van der Waals surface area contributed by atoms with Crippen LogP contribution in [0.2, 0.25) is 0 Å². The lowest BCUT2D eigenvalue weighted by molar-refractivity contribution is -0.128. The van der Waals surface area contributed by atoms with E-state index < -0.39 is 23.6 Å². The van der Waals surface area contributed by atoms with Gasteiger partial charge in [0.05, 0.1) is 0 Å². The highest BCUT2D eigenvalue weighted by molar-refractivity contribution is 6.02. The van der Waals surface area contributed by atoms with Crippen LogP contribution >= 0.6 is 0 Å². The smallest absolute Gasteiger partial charge is 0.249 e. The van der Waals surface area contributed by atoms with E-state index in [1.807, 2.05) is 0 Å². The summed E-state index contributed by atoms with van der Waals surface area (Å²) in [6.45, 7) is 2.04. The molecule has 0 bridgehead atoms. The van der Waals surface area contributed by atoms with Crippen LogP contribution in [0.25, 0.3) is 0 Å². The normalized spacial score (nSPS) is 27.6. The molecule has 2 amide bonds. The minimum Gasteiger partial charge on any atom is -0.344 e. The first-order chi connectivity index (χ1) is 12.0. The van der Waals surface area contributed by atoms with Gasteiger partial charge in [-0.2, -0.15) is 0 Å². The molecule has 2 atom stereocenters. The molecule has 0 radical (unpaired) electrons. The number of hydrogen-bond acceptors (Lipinski definition) is 3. The summed E-state index contributed by atoms with van der Waals surface area (Å²) >= 11 is 0. The summed E-state index contributed by atoms with van der Waals surface area (Å²) in [6, 6.07) is 2.82. The number of piperidine rings is 1. The molecule has 2 aliphatic heterocycles. The van der Waals surface area contributed by atoms with E-state index in [-0.39, 0.29) is 29.5 Å². The van der Waals surface area contributed by atoms with Crippen LogP contribution in [0.5, 0.6) is 0 Å². The molecule has 5 nitrogen and oxygen atoms in total. The maximum absolute atomic E-state index is 13.9. The summed E-state index contributed by atoms with van der Waals surface area (Å²) in [5.74, 6) is -2.12. The van der Waals surface area contributed by atoms with Gasteiger partial charge in [0.25, 0.3) is 0 Å². The highest BCUT2D eigenvalue weighted by Gasteiger charge is 2.58. The number of benzene rings is 1. The fourth-order valence-corrected chi connectivity index (χ4v) is 4.25. The SMILES string of the molecule is O=C(NC1CCN(c2c(F)cccc2F)C1=O)C1CC12CCNCC2. The molecule has 2 saturated heterocycles. The molecule has 134 valence electrons. The zero-order valence-corrected chi connectivity index (χ0v) is 13.9. The van der Waals surface area contributed by atoms with Crippen molar-refractivity contribution in [2.75, 3.05) is 24.5 Å². The maximum atomic E-state index is 13.9. The molecule has 25 heavy (non-hydrogen) atoms. The van der Waals surface area contributed by atoms with Crippen LogP contribution < -0.4 is 15.5 Å². The van der Waals surface area contributed by atoms with Gasteiger partial charge < -0.3 is 15.5 Å². The fourth-order valence-electron chi connectivity index (χ4n) is 4.25. The number of nitrogens with one attached hydrogen (secondary N) is 2. The Kier molecular flexibility index (Phi) is 3.98. The van der Waals surface area contributed by atoms with Gasteiger partial charge in [-0.1, -0.05) is 6.07 Å². The van der Waals surface area contributed by atoms with E-state index in [4.69, 9.17) is 0 Å². The van der Waals surface area contributed by atoms with Crippen LogP contribution in [0.4, 0.5) is 14.5 Å². The Morgan fingerprint density at radius 1 is 1.24 bits per heavy atom. The van der Waals surface area contributed by atoms with Crippen LogP contribution in [-0.4, -0.2) is 37.5 Å². The first kappa shape index (κ1) is 16.4. The number of anilines is 1. The molecule has 2 heterocycles. The Hall–Kier alpha value is -2.02. The minimum atomic E-state index is -0.767. The summed E-state index contributed by atoms with van der Waals surface area (Å²) in [7, 11) is 0. The van der Waals surface area contributed by atoms with Crippen molar-refractivity contribution in [1.82, 2.24) is 10.6 Å².